The van der Waals surface area contributed by atoms with E-state index in [1.54, 1.807) is 0 Å². The minimum absolute atomic E-state index is 0.251. The van der Waals surface area contributed by atoms with Gasteiger partial charge in [0.2, 0.25) is 0 Å². The van der Waals surface area contributed by atoms with Gasteiger partial charge in [0.25, 0.3) is 10.1 Å². The van der Waals surface area contributed by atoms with Crippen molar-refractivity contribution in [1.29, 1.82) is 0 Å². The maximum absolute atomic E-state index is 10.4. The van der Waals surface area contributed by atoms with Crippen molar-refractivity contribution in [3.8, 4) is 0 Å². The lowest BCUT2D eigenvalue weighted by molar-refractivity contribution is 0.110. The van der Waals surface area contributed by atoms with E-state index in [2.05, 4.69) is 5.43 Å². The van der Waals surface area contributed by atoms with Crippen molar-refractivity contribution in [2.45, 2.75) is 17.9 Å². The first-order valence-electron chi connectivity index (χ1n) is 4.82. The average molecular weight is 272 g/mol. The molecule has 10 heteroatoms. The number of aliphatic hydroxyl groups excluding tert-OH is 4. The van der Waals surface area contributed by atoms with Crippen LogP contribution in [0.4, 0.5) is 0 Å². The monoisotopic (exact) mass is 272 g/mol. The molecule has 1 heterocycles. The Morgan fingerprint density at radius 3 is 2.24 bits per heavy atom. The van der Waals surface area contributed by atoms with Gasteiger partial charge in [-0.05, 0) is 0 Å². The van der Waals surface area contributed by atoms with Gasteiger partial charge in [0, 0.05) is 6.54 Å². The van der Waals surface area contributed by atoms with Gasteiger partial charge in [-0.3, -0.25) is 4.55 Å². The second-order valence-corrected chi connectivity index (χ2v) is 5.43. The van der Waals surface area contributed by atoms with Crippen LogP contribution < -0.4 is 5.43 Å². The molecule has 0 aliphatic carbocycles. The van der Waals surface area contributed by atoms with E-state index in [1.165, 1.54) is 0 Å². The molecule has 0 aromatic rings. The highest BCUT2D eigenvalue weighted by Gasteiger charge is 2.62. The summed E-state index contributed by atoms with van der Waals surface area (Å²) in [7, 11) is -4.27. The molecule has 0 spiro atoms. The van der Waals surface area contributed by atoms with Crippen molar-refractivity contribution in [1.82, 2.24) is 10.4 Å². The summed E-state index contributed by atoms with van der Waals surface area (Å²) in [6.45, 7) is -1.24. The van der Waals surface area contributed by atoms with Crippen LogP contribution in [-0.4, -0.2) is 81.8 Å². The van der Waals surface area contributed by atoms with Crippen molar-refractivity contribution in [3.05, 3.63) is 0 Å². The highest BCUT2D eigenvalue weighted by molar-refractivity contribution is 7.85. The Morgan fingerprint density at radius 2 is 1.88 bits per heavy atom. The van der Waals surface area contributed by atoms with Gasteiger partial charge in [0.05, 0.1) is 19.3 Å². The second-order valence-electron chi connectivity index (χ2n) is 3.93. The fraction of sp³-hybridized carbons (Fsp3) is 1.00. The molecule has 9 nitrogen and oxygen atoms in total. The zero-order valence-corrected chi connectivity index (χ0v) is 9.71. The number of aliphatic hydroxyl groups is 4. The Balaban J connectivity index is 2.38. The van der Waals surface area contributed by atoms with E-state index >= 15 is 0 Å². The van der Waals surface area contributed by atoms with Crippen LogP contribution in [0.1, 0.15) is 0 Å². The van der Waals surface area contributed by atoms with Crippen LogP contribution in [0, 0.1) is 0 Å². The van der Waals surface area contributed by atoms with E-state index in [-0.39, 0.29) is 6.54 Å². The molecule has 0 bridgehead atoms. The second kappa shape index (κ2) is 5.12. The van der Waals surface area contributed by atoms with Gasteiger partial charge in [-0.2, -0.15) is 13.4 Å². The largest absolute Gasteiger partial charge is 0.394 e. The fourth-order valence-electron chi connectivity index (χ4n) is 1.47. The summed E-state index contributed by atoms with van der Waals surface area (Å²) in [6.07, 6.45) is -2.48. The first-order valence-corrected chi connectivity index (χ1v) is 6.43. The molecule has 1 aliphatic heterocycles. The van der Waals surface area contributed by atoms with Gasteiger partial charge in [0.1, 0.15) is 17.5 Å². The molecule has 0 amide bonds. The lowest BCUT2D eigenvalue weighted by Gasteiger charge is -2.14. The van der Waals surface area contributed by atoms with Crippen LogP contribution in [0.25, 0.3) is 0 Å². The van der Waals surface area contributed by atoms with Crippen LogP contribution in [-0.2, 0) is 10.1 Å². The summed E-state index contributed by atoms with van der Waals surface area (Å²) in [6, 6.07) is 0. The van der Waals surface area contributed by atoms with Crippen LogP contribution in [0.5, 0.6) is 0 Å². The molecule has 1 rings (SSSR count). The molecule has 1 fully saturated rings. The number of nitrogens with one attached hydrogen (secondary N) is 1. The van der Waals surface area contributed by atoms with Gasteiger partial charge in [-0.25, -0.2) is 5.43 Å². The van der Waals surface area contributed by atoms with Crippen LogP contribution in [0.3, 0.4) is 0 Å². The molecule has 1 saturated heterocycles. The molecule has 3 atom stereocenters. The molecule has 1 aliphatic rings. The van der Waals surface area contributed by atoms with E-state index in [4.69, 9.17) is 14.8 Å². The summed E-state index contributed by atoms with van der Waals surface area (Å²) in [5.41, 5.74) is 1.25. The van der Waals surface area contributed by atoms with Gasteiger partial charge in [-0.15, -0.1) is 0 Å². The molecule has 17 heavy (non-hydrogen) atoms. The van der Waals surface area contributed by atoms with Crippen molar-refractivity contribution in [2.24, 2.45) is 0 Å². The summed E-state index contributed by atoms with van der Waals surface area (Å²) in [4.78, 5) is 0. The number of nitrogens with zero attached hydrogens (tertiary/aromatic N) is 1. The van der Waals surface area contributed by atoms with E-state index in [0.29, 0.717) is 0 Å². The lowest BCUT2D eigenvalue weighted by atomic mass is 10.2. The maximum Gasteiger partial charge on any atom is 0.267 e. The van der Waals surface area contributed by atoms with Crippen molar-refractivity contribution in [3.63, 3.8) is 0 Å². The lowest BCUT2D eigenvalue weighted by Crippen LogP contribution is -2.40. The van der Waals surface area contributed by atoms with Crippen LogP contribution >= 0.6 is 0 Å². The SMILES string of the molecule is O=S(=O)(O)CC(O)CNN1C(O)C1(CO)CO. The predicted molar refractivity (Wildman–Crippen MR) is 55.2 cm³/mol. The number of hydrogen-bond acceptors (Lipinski definition) is 8. The van der Waals surface area contributed by atoms with Crippen molar-refractivity contribution >= 4 is 10.1 Å². The summed E-state index contributed by atoms with van der Waals surface area (Å²) >= 11 is 0. The van der Waals surface area contributed by atoms with Gasteiger partial charge < -0.3 is 20.4 Å². The smallest absolute Gasteiger partial charge is 0.267 e. The zero-order chi connectivity index (χ0) is 13.3. The molecule has 102 valence electrons. The third-order valence-corrected chi connectivity index (χ3v) is 3.39. The minimum atomic E-state index is -4.27. The topological polar surface area (TPSA) is 150 Å². The molecule has 6 N–H and O–H groups in total. The third kappa shape index (κ3) is 3.33. The molecule has 0 radical (unpaired) electrons. The van der Waals surface area contributed by atoms with Crippen molar-refractivity contribution < 1.29 is 33.4 Å². The van der Waals surface area contributed by atoms with Crippen LogP contribution in [0.2, 0.25) is 0 Å². The quantitative estimate of drug-likeness (QED) is 0.202. The Kier molecular flexibility index (Phi) is 4.43. The molecule has 0 aromatic heterocycles. The predicted octanol–water partition coefficient (Wildman–Crippen LogP) is -3.90. The average Bonchev–Trinajstić information content (AvgIpc) is 2.78. The van der Waals surface area contributed by atoms with E-state index in [1.807, 2.05) is 0 Å². The van der Waals surface area contributed by atoms with Crippen LogP contribution in [0.15, 0.2) is 0 Å². The minimum Gasteiger partial charge on any atom is -0.394 e. The van der Waals surface area contributed by atoms with Gasteiger partial charge >= 0.3 is 0 Å². The Morgan fingerprint density at radius 1 is 1.35 bits per heavy atom. The number of hydrogen-bond donors (Lipinski definition) is 6. The number of hydrazine groups is 1. The molecule has 0 aromatic carbocycles. The Hall–Kier alpha value is -0.330. The first kappa shape index (κ1) is 14.7. The van der Waals surface area contributed by atoms with Gasteiger partial charge in [0.15, 0.2) is 0 Å². The summed E-state index contributed by atoms with van der Waals surface area (Å²) in [5.74, 6) is -0.838. The van der Waals surface area contributed by atoms with E-state index < -0.39 is 47.0 Å². The Bertz CT molecular complexity index is 355. The normalized spacial score (nSPS) is 29.0. The fourth-order valence-corrected chi connectivity index (χ4v) is 2.07. The molecular formula is C7H16N2O7S. The zero-order valence-electron chi connectivity index (χ0n) is 8.89. The first-order chi connectivity index (χ1) is 7.77. The standard InChI is InChI=1S/C7H16N2O7S/c10-3-7(4-11)6(13)9(7)8-1-5(12)2-17(14,15)16/h5-6,8,10-13H,1-4H2,(H,14,15,16). The molecular weight excluding hydrogens is 256 g/mol. The highest BCUT2D eigenvalue weighted by Crippen LogP contribution is 2.35. The third-order valence-electron chi connectivity index (χ3n) is 2.59. The highest BCUT2D eigenvalue weighted by atomic mass is 32.2. The number of rotatable bonds is 7. The van der Waals surface area contributed by atoms with E-state index in [9.17, 15) is 18.6 Å². The molecule has 3 unspecified atom stereocenters. The van der Waals surface area contributed by atoms with Crippen molar-refractivity contribution in [2.75, 3.05) is 25.5 Å². The summed E-state index contributed by atoms with van der Waals surface area (Å²) in [5, 5.41) is 37.6. The van der Waals surface area contributed by atoms with E-state index in [0.717, 1.165) is 5.01 Å². The van der Waals surface area contributed by atoms with Gasteiger partial charge in [-0.1, -0.05) is 0 Å². The molecule has 0 saturated carbocycles. The maximum atomic E-state index is 10.4. The summed E-state index contributed by atoms with van der Waals surface area (Å²) < 4.78 is 29.3. The Labute approximate surface area is 98.0 Å².